The van der Waals surface area contributed by atoms with Crippen LogP contribution in [0.2, 0.25) is 0 Å². The predicted octanol–water partition coefficient (Wildman–Crippen LogP) is 1.91. The predicted molar refractivity (Wildman–Crippen MR) is 105 cm³/mol. The zero-order valence-corrected chi connectivity index (χ0v) is 16.1. The van der Waals surface area contributed by atoms with Gasteiger partial charge in [0, 0.05) is 45.5 Å². The van der Waals surface area contributed by atoms with E-state index in [4.69, 9.17) is 4.74 Å². The van der Waals surface area contributed by atoms with Crippen LogP contribution in [0.3, 0.4) is 0 Å². The zero-order chi connectivity index (χ0) is 19.1. The fourth-order valence-corrected chi connectivity index (χ4v) is 3.31. The van der Waals surface area contributed by atoms with Crippen LogP contribution in [0.4, 0.5) is 0 Å². The number of hydrogen-bond acceptors (Lipinski definition) is 5. The summed E-state index contributed by atoms with van der Waals surface area (Å²) in [4.78, 5) is 21.6. The van der Waals surface area contributed by atoms with Gasteiger partial charge < -0.3 is 10.1 Å². The molecule has 144 valence electrons. The molecule has 1 unspecified atom stereocenters. The number of aromatic nitrogens is 1. The molecule has 1 N–H and O–H groups in total. The van der Waals surface area contributed by atoms with Crippen LogP contribution in [-0.4, -0.2) is 60.0 Å². The molecule has 27 heavy (non-hydrogen) atoms. The van der Waals surface area contributed by atoms with Gasteiger partial charge in [-0.1, -0.05) is 18.2 Å². The average molecular weight is 368 g/mol. The number of rotatable bonds is 7. The van der Waals surface area contributed by atoms with Crippen molar-refractivity contribution in [2.24, 2.45) is 0 Å². The minimum Gasteiger partial charge on any atom is -0.497 e. The summed E-state index contributed by atoms with van der Waals surface area (Å²) in [5, 5.41) is 3.04. The molecule has 6 nitrogen and oxygen atoms in total. The molecule has 0 bridgehead atoms. The highest BCUT2D eigenvalue weighted by Crippen LogP contribution is 2.13. The van der Waals surface area contributed by atoms with Gasteiger partial charge in [0.2, 0.25) is 5.91 Å². The van der Waals surface area contributed by atoms with Crippen molar-refractivity contribution >= 4 is 5.91 Å². The number of carbonyl (C=O) groups excluding carboxylic acids is 1. The SMILES string of the molecule is COc1cccc(CNC(=O)C(C)N2CCN(Cc3ccccn3)CC2)c1. The van der Waals surface area contributed by atoms with E-state index >= 15 is 0 Å². The van der Waals surface area contributed by atoms with Gasteiger partial charge in [0.25, 0.3) is 0 Å². The molecule has 1 fully saturated rings. The number of piperazine rings is 1. The van der Waals surface area contributed by atoms with E-state index in [0.29, 0.717) is 6.54 Å². The highest BCUT2D eigenvalue weighted by Gasteiger charge is 2.25. The standard InChI is InChI=1S/C21H28N4O2/c1-17(21(26)23-15-18-6-5-8-20(14-18)27-2)25-12-10-24(11-13-25)16-19-7-3-4-9-22-19/h3-9,14,17H,10-13,15-16H2,1-2H3,(H,23,26). The monoisotopic (exact) mass is 368 g/mol. The van der Waals surface area contributed by atoms with E-state index in [9.17, 15) is 4.79 Å². The Labute approximate surface area is 161 Å². The highest BCUT2D eigenvalue weighted by atomic mass is 16.5. The normalized spacial score (nSPS) is 16.7. The molecule has 2 aromatic rings. The first-order valence-corrected chi connectivity index (χ1v) is 9.42. The molecule has 0 saturated carbocycles. The van der Waals surface area contributed by atoms with E-state index < -0.39 is 0 Å². The second kappa shape index (κ2) is 9.48. The van der Waals surface area contributed by atoms with Crippen molar-refractivity contribution < 1.29 is 9.53 Å². The zero-order valence-electron chi connectivity index (χ0n) is 16.1. The van der Waals surface area contributed by atoms with Crippen LogP contribution in [-0.2, 0) is 17.9 Å². The maximum atomic E-state index is 12.5. The van der Waals surface area contributed by atoms with Gasteiger partial charge in [-0.25, -0.2) is 0 Å². The van der Waals surface area contributed by atoms with Gasteiger partial charge in [-0.05, 0) is 36.8 Å². The molecule has 1 aliphatic rings. The van der Waals surface area contributed by atoms with Gasteiger partial charge in [0.05, 0.1) is 18.8 Å². The third-order valence-corrected chi connectivity index (χ3v) is 5.05. The lowest BCUT2D eigenvalue weighted by Gasteiger charge is -2.37. The van der Waals surface area contributed by atoms with E-state index in [2.05, 4.69) is 26.2 Å². The van der Waals surface area contributed by atoms with Crippen LogP contribution in [0.1, 0.15) is 18.2 Å². The number of benzene rings is 1. The van der Waals surface area contributed by atoms with Gasteiger partial charge >= 0.3 is 0 Å². The van der Waals surface area contributed by atoms with Crippen molar-refractivity contribution in [3.05, 3.63) is 59.9 Å². The van der Waals surface area contributed by atoms with Crippen LogP contribution in [0.15, 0.2) is 48.7 Å². The van der Waals surface area contributed by atoms with Crippen molar-refractivity contribution in [1.29, 1.82) is 0 Å². The molecule has 3 rings (SSSR count). The summed E-state index contributed by atoms with van der Waals surface area (Å²) in [5.74, 6) is 0.870. The topological polar surface area (TPSA) is 57.7 Å². The quantitative estimate of drug-likeness (QED) is 0.809. The maximum Gasteiger partial charge on any atom is 0.237 e. The molecule has 1 amide bonds. The summed E-state index contributed by atoms with van der Waals surface area (Å²) in [6.45, 7) is 7.04. The van der Waals surface area contributed by atoms with Gasteiger partial charge in [-0.2, -0.15) is 0 Å². The second-order valence-electron chi connectivity index (χ2n) is 6.88. The van der Waals surface area contributed by atoms with E-state index in [0.717, 1.165) is 49.7 Å². The third-order valence-electron chi connectivity index (χ3n) is 5.05. The Bertz CT molecular complexity index is 730. The Morgan fingerprint density at radius 1 is 1.19 bits per heavy atom. The molecule has 6 heteroatoms. The molecule has 0 radical (unpaired) electrons. The third kappa shape index (κ3) is 5.52. The molecule has 1 aliphatic heterocycles. The molecule has 1 aromatic carbocycles. The molecule has 0 spiro atoms. The second-order valence-corrected chi connectivity index (χ2v) is 6.88. The molecule has 1 atom stereocenters. The van der Waals surface area contributed by atoms with Crippen molar-refractivity contribution in [3.8, 4) is 5.75 Å². The van der Waals surface area contributed by atoms with Gasteiger partial charge in [-0.3, -0.25) is 19.6 Å². The van der Waals surface area contributed by atoms with Crippen molar-refractivity contribution in [3.63, 3.8) is 0 Å². The number of methoxy groups -OCH3 is 1. The summed E-state index contributed by atoms with van der Waals surface area (Å²) in [7, 11) is 1.65. The first-order chi connectivity index (χ1) is 13.2. The van der Waals surface area contributed by atoms with Gasteiger partial charge in [0.15, 0.2) is 0 Å². The fraction of sp³-hybridized carbons (Fsp3) is 0.429. The van der Waals surface area contributed by atoms with Crippen molar-refractivity contribution in [2.45, 2.75) is 26.1 Å². The average Bonchev–Trinajstić information content (AvgIpc) is 2.73. The van der Waals surface area contributed by atoms with Gasteiger partial charge in [0.1, 0.15) is 5.75 Å². The van der Waals surface area contributed by atoms with Crippen LogP contribution >= 0.6 is 0 Å². The summed E-state index contributed by atoms with van der Waals surface area (Å²) >= 11 is 0. The lowest BCUT2D eigenvalue weighted by molar-refractivity contribution is -0.126. The number of hydrogen-bond donors (Lipinski definition) is 1. The van der Waals surface area contributed by atoms with E-state index in [1.54, 1.807) is 7.11 Å². The number of ether oxygens (including phenoxy) is 1. The van der Waals surface area contributed by atoms with E-state index in [1.165, 1.54) is 0 Å². The Kier molecular flexibility index (Phi) is 6.79. The summed E-state index contributed by atoms with van der Waals surface area (Å²) in [6, 6.07) is 13.7. The first kappa shape index (κ1) is 19.3. The van der Waals surface area contributed by atoms with E-state index in [1.807, 2.05) is 49.5 Å². The van der Waals surface area contributed by atoms with Crippen LogP contribution in [0.5, 0.6) is 5.75 Å². The number of pyridine rings is 1. The van der Waals surface area contributed by atoms with Crippen LogP contribution in [0.25, 0.3) is 0 Å². The Hall–Kier alpha value is -2.44. The molecular weight excluding hydrogens is 340 g/mol. The lowest BCUT2D eigenvalue weighted by atomic mass is 10.2. The van der Waals surface area contributed by atoms with Crippen LogP contribution in [0, 0.1) is 0 Å². The Balaban J connectivity index is 1.44. The number of nitrogens with zero attached hydrogens (tertiary/aromatic N) is 3. The largest absolute Gasteiger partial charge is 0.497 e. The lowest BCUT2D eigenvalue weighted by Crippen LogP contribution is -2.53. The molecular formula is C21H28N4O2. The highest BCUT2D eigenvalue weighted by molar-refractivity contribution is 5.81. The van der Waals surface area contributed by atoms with Crippen molar-refractivity contribution in [1.82, 2.24) is 20.1 Å². The fourth-order valence-electron chi connectivity index (χ4n) is 3.31. The molecule has 1 aromatic heterocycles. The minimum atomic E-state index is -0.132. The number of amides is 1. The smallest absolute Gasteiger partial charge is 0.237 e. The van der Waals surface area contributed by atoms with Crippen molar-refractivity contribution in [2.75, 3.05) is 33.3 Å². The van der Waals surface area contributed by atoms with E-state index in [-0.39, 0.29) is 11.9 Å². The number of carbonyl (C=O) groups is 1. The first-order valence-electron chi connectivity index (χ1n) is 9.42. The Morgan fingerprint density at radius 2 is 2.00 bits per heavy atom. The maximum absolute atomic E-state index is 12.5. The van der Waals surface area contributed by atoms with Crippen LogP contribution < -0.4 is 10.1 Å². The number of nitrogens with one attached hydrogen (secondary N) is 1. The molecule has 2 heterocycles. The molecule has 0 aliphatic carbocycles. The van der Waals surface area contributed by atoms with Gasteiger partial charge in [-0.15, -0.1) is 0 Å². The Morgan fingerprint density at radius 3 is 2.70 bits per heavy atom. The minimum absolute atomic E-state index is 0.0657. The summed E-state index contributed by atoms with van der Waals surface area (Å²) < 4.78 is 5.23. The summed E-state index contributed by atoms with van der Waals surface area (Å²) in [5.41, 5.74) is 2.13. The summed E-state index contributed by atoms with van der Waals surface area (Å²) in [6.07, 6.45) is 1.83. The molecule has 1 saturated heterocycles.